The molecule has 1 saturated heterocycles. The number of rotatable bonds is 3. The quantitative estimate of drug-likeness (QED) is 0.562. The van der Waals surface area contributed by atoms with Crippen molar-refractivity contribution < 1.29 is 14.8 Å². The van der Waals surface area contributed by atoms with Crippen LogP contribution in [0.1, 0.15) is 37.7 Å². The Morgan fingerprint density at radius 3 is 2.70 bits per heavy atom. The molecule has 144 valence electrons. The highest BCUT2D eigenvalue weighted by atomic mass is 16.5. The molecule has 6 nitrogen and oxygen atoms in total. The van der Waals surface area contributed by atoms with Gasteiger partial charge in [0.2, 0.25) is 11.8 Å². The Hall–Kier alpha value is -2.18. The van der Waals surface area contributed by atoms with Gasteiger partial charge in [-0.1, -0.05) is 36.4 Å². The van der Waals surface area contributed by atoms with Crippen LogP contribution >= 0.6 is 0 Å². The number of hydroxylamine groups is 1. The number of carbonyl (C=O) groups excluding carboxylic acids is 2. The molecule has 2 heterocycles. The van der Waals surface area contributed by atoms with E-state index in [1.807, 2.05) is 23.1 Å². The molecule has 1 spiro atoms. The van der Waals surface area contributed by atoms with Crippen LogP contribution in [0.15, 0.2) is 36.4 Å². The van der Waals surface area contributed by atoms with E-state index < -0.39 is 17.9 Å². The van der Waals surface area contributed by atoms with Crippen LogP contribution in [0.4, 0.5) is 0 Å². The molecule has 0 bridgehead atoms. The van der Waals surface area contributed by atoms with E-state index in [-0.39, 0.29) is 11.3 Å². The molecular weight excluding hydrogens is 342 g/mol. The maximum Gasteiger partial charge on any atom is 0.248 e. The van der Waals surface area contributed by atoms with E-state index in [2.05, 4.69) is 23.5 Å². The molecule has 2 unspecified atom stereocenters. The number of piperidine rings is 1. The van der Waals surface area contributed by atoms with Crippen molar-refractivity contribution in [3.8, 4) is 0 Å². The summed E-state index contributed by atoms with van der Waals surface area (Å²) in [6, 6.07) is 9.70. The van der Waals surface area contributed by atoms with Crippen molar-refractivity contribution in [3.63, 3.8) is 0 Å². The fourth-order valence-corrected chi connectivity index (χ4v) is 4.45. The lowest BCUT2D eigenvalue weighted by atomic mass is 9.81. The summed E-state index contributed by atoms with van der Waals surface area (Å²) < 4.78 is 0. The topological polar surface area (TPSA) is 81.7 Å². The maximum atomic E-state index is 13.2. The molecular formula is C21H27N3O3. The summed E-state index contributed by atoms with van der Waals surface area (Å²) in [6.07, 6.45) is 6.82. The van der Waals surface area contributed by atoms with E-state index in [0.29, 0.717) is 19.5 Å². The van der Waals surface area contributed by atoms with E-state index in [0.717, 1.165) is 32.2 Å². The first kappa shape index (κ1) is 18.2. The van der Waals surface area contributed by atoms with E-state index in [9.17, 15) is 9.59 Å². The Labute approximate surface area is 159 Å². The fraction of sp³-hybridized carbons (Fsp3) is 0.524. The number of benzene rings is 1. The van der Waals surface area contributed by atoms with Crippen LogP contribution in [0.25, 0.3) is 5.57 Å². The summed E-state index contributed by atoms with van der Waals surface area (Å²) >= 11 is 0. The highest BCUT2D eigenvalue weighted by Crippen LogP contribution is 2.52. The summed E-state index contributed by atoms with van der Waals surface area (Å²) in [4.78, 5) is 27.2. The van der Waals surface area contributed by atoms with E-state index in [1.54, 1.807) is 5.48 Å². The van der Waals surface area contributed by atoms with Crippen molar-refractivity contribution in [2.45, 2.75) is 38.1 Å². The van der Waals surface area contributed by atoms with Gasteiger partial charge >= 0.3 is 0 Å². The van der Waals surface area contributed by atoms with Gasteiger partial charge in [0.05, 0.1) is 12.0 Å². The normalized spacial score (nSPS) is 26.9. The number of amides is 2. The molecule has 2 fully saturated rings. The second-order valence-corrected chi connectivity index (χ2v) is 8.13. The zero-order valence-electron chi connectivity index (χ0n) is 15.5. The van der Waals surface area contributed by atoms with Gasteiger partial charge < -0.3 is 10.2 Å². The van der Waals surface area contributed by atoms with Crippen molar-refractivity contribution in [2.24, 2.45) is 11.3 Å². The third-order valence-corrected chi connectivity index (χ3v) is 6.31. The monoisotopic (exact) mass is 369 g/mol. The molecule has 0 radical (unpaired) electrons. The average molecular weight is 369 g/mol. The van der Waals surface area contributed by atoms with Crippen molar-refractivity contribution in [1.82, 2.24) is 15.7 Å². The highest BCUT2D eigenvalue weighted by Gasteiger charge is 2.52. The maximum absolute atomic E-state index is 13.2. The lowest BCUT2D eigenvalue weighted by molar-refractivity contribution is -0.144. The van der Waals surface area contributed by atoms with Gasteiger partial charge in [-0.05, 0) is 48.7 Å². The molecule has 6 heteroatoms. The number of nitrogens with one attached hydrogen (secondary N) is 2. The average Bonchev–Trinajstić information content (AvgIpc) is 3.50. The van der Waals surface area contributed by atoms with Gasteiger partial charge in [0, 0.05) is 19.6 Å². The highest BCUT2D eigenvalue weighted by molar-refractivity contribution is 5.90. The molecule has 3 aliphatic rings. The first-order chi connectivity index (χ1) is 13.1. The van der Waals surface area contributed by atoms with E-state index in [1.165, 1.54) is 11.1 Å². The predicted octanol–water partition coefficient (Wildman–Crippen LogP) is 1.96. The van der Waals surface area contributed by atoms with Gasteiger partial charge in [0.25, 0.3) is 0 Å². The van der Waals surface area contributed by atoms with Crippen molar-refractivity contribution in [1.29, 1.82) is 0 Å². The van der Waals surface area contributed by atoms with Gasteiger partial charge in [0.15, 0.2) is 0 Å². The lowest BCUT2D eigenvalue weighted by Gasteiger charge is -2.37. The Morgan fingerprint density at radius 1 is 1.22 bits per heavy atom. The van der Waals surface area contributed by atoms with Gasteiger partial charge in [-0.25, -0.2) is 5.48 Å². The molecule has 1 aliphatic carbocycles. The third kappa shape index (κ3) is 3.77. The molecule has 1 aromatic rings. The van der Waals surface area contributed by atoms with Gasteiger partial charge in [-0.3, -0.25) is 14.8 Å². The minimum atomic E-state index is -0.560. The molecule has 2 amide bonds. The molecule has 2 aliphatic heterocycles. The van der Waals surface area contributed by atoms with Crippen molar-refractivity contribution in [3.05, 3.63) is 42.0 Å². The summed E-state index contributed by atoms with van der Waals surface area (Å²) in [5.41, 5.74) is 4.39. The van der Waals surface area contributed by atoms with Gasteiger partial charge in [0.1, 0.15) is 0 Å². The lowest BCUT2D eigenvalue weighted by Crippen LogP contribution is -2.58. The van der Waals surface area contributed by atoms with Gasteiger partial charge in [-0.2, -0.15) is 0 Å². The minimum Gasteiger partial charge on any atom is -0.338 e. The number of carbonyl (C=O) groups is 2. The SMILES string of the molecule is O=C(NO)C1CC2(CC2)CNC1C(=O)N1CC=C(c2ccccc2)CCC1. The van der Waals surface area contributed by atoms with Gasteiger partial charge in [-0.15, -0.1) is 0 Å². The Bertz CT molecular complexity index is 742. The molecule has 3 N–H and O–H groups in total. The number of nitrogens with zero attached hydrogens (tertiary/aromatic N) is 1. The number of hydrogen-bond acceptors (Lipinski definition) is 4. The minimum absolute atomic E-state index is 0.0374. The second kappa shape index (κ2) is 7.44. The van der Waals surface area contributed by atoms with Crippen LogP contribution in [0.3, 0.4) is 0 Å². The zero-order valence-corrected chi connectivity index (χ0v) is 15.5. The van der Waals surface area contributed by atoms with Crippen LogP contribution < -0.4 is 10.8 Å². The molecule has 27 heavy (non-hydrogen) atoms. The molecule has 0 aromatic heterocycles. The Morgan fingerprint density at radius 2 is 2.00 bits per heavy atom. The number of hydrogen-bond donors (Lipinski definition) is 3. The molecule has 1 aromatic carbocycles. The molecule has 4 rings (SSSR count). The standard InChI is InChI=1S/C21H27N3O3/c25-19(23-27)17-13-21(9-10-21)14-22-18(17)20(26)24-11-4-7-16(8-12-24)15-5-2-1-3-6-15/h1-3,5-6,8,17-18,22,27H,4,7,9-14H2,(H,23,25). The summed E-state index contributed by atoms with van der Waals surface area (Å²) in [5.74, 6) is -1.01. The zero-order chi connectivity index (χ0) is 18.9. The Balaban J connectivity index is 1.48. The van der Waals surface area contributed by atoms with Crippen LogP contribution in [0.2, 0.25) is 0 Å². The largest absolute Gasteiger partial charge is 0.338 e. The third-order valence-electron chi connectivity index (χ3n) is 6.31. The predicted molar refractivity (Wildman–Crippen MR) is 102 cm³/mol. The fourth-order valence-electron chi connectivity index (χ4n) is 4.45. The van der Waals surface area contributed by atoms with E-state index >= 15 is 0 Å². The van der Waals surface area contributed by atoms with Crippen molar-refractivity contribution >= 4 is 17.4 Å². The molecule has 2 atom stereocenters. The number of allylic oxidation sites excluding steroid dienone is 1. The second-order valence-electron chi connectivity index (χ2n) is 8.13. The smallest absolute Gasteiger partial charge is 0.248 e. The van der Waals surface area contributed by atoms with Crippen LogP contribution in [0.5, 0.6) is 0 Å². The first-order valence-electron chi connectivity index (χ1n) is 9.82. The summed E-state index contributed by atoms with van der Waals surface area (Å²) in [5, 5.41) is 12.4. The molecule has 1 saturated carbocycles. The van der Waals surface area contributed by atoms with Crippen LogP contribution in [-0.2, 0) is 9.59 Å². The Kier molecular flexibility index (Phi) is 5.02. The van der Waals surface area contributed by atoms with Crippen LogP contribution in [0, 0.1) is 11.3 Å². The van der Waals surface area contributed by atoms with Crippen LogP contribution in [-0.4, -0.2) is 47.6 Å². The van der Waals surface area contributed by atoms with E-state index in [4.69, 9.17) is 5.21 Å². The van der Waals surface area contributed by atoms with Crippen molar-refractivity contribution in [2.75, 3.05) is 19.6 Å². The summed E-state index contributed by atoms with van der Waals surface area (Å²) in [6.45, 7) is 2.01. The summed E-state index contributed by atoms with van der Waals surface area (Å²) in [7, 11) is 0. The first-order valence-corrected chi connectivity index (χ1v) is 9.82.